The highest BCUT2D eigenvalue weighted by molar-refractivity contribution is 6.01. The predicted octanol–water partition coefficient (Wildman–Crippen LogP) is 4.60. The Hall–Kier alpha value is -3.78. The van der Waals surface area contributed by atoms with Crippen LogP contribution in [0.2, 0.25) is 0 Å². The molecular formula is C26H31F5N6O4. The summed E-state index contributed by atoms with van der Waals surface area (Å²) in [5.41, 5.74) is 0.930. The Bertz CT molecular complexity index is 1260. The summed E-state index contributed by atoms with van der Waals surface area (Å²) in [7, 11) is 0. The second kappa shape index (κ2) is 12.0. The highest BCUT2D eigenvalue weighted by atomic mass is 19.4. The fraction of sp³-hybridized carbons (Fsp3) is 0.577. The molecule has 41 heavy (non-hydrogen) atoms. The van der Waals surface area contributed by atoms with Crippen molar-refractivity contribution >= 4 is 23.7 Å². The number of pyridine rings is 1. The number of alkyl halides is 5. The normalized spacial score (nSPS) is 20.8. The fourth-order valence-electron chi connectivity index (χ4n) is 5.29. The zero-order valence-electron chi connectivity index (χ0n) is 22.4. The van der Waals surface area contributed by atoms with Gasteiger partial charge < -0.3 is 25.4 Å². The van der Waals surface area contributed by atoms with E-state index in [1.54, 1.807) is 13.8 Å². The van der Waals surface area contributed by atoms with E-state index in [-0.39, 0.29) is 30.6 Å². The molecule has 2 aromatic heterocycles. The Morgan fingerprint density at radius 1 is 1.24 bits per heavy atom. The van der Waals surface area contributed by atoms with Gasteiger partial charge in [-0.1, -0.05) is 19.0 Å². The minimum atomic E-state index is -4.60. The smallest absolute Gasteiger partial charge is 0.364 e. The van der Waals surface area contributed by atoms with Gasteiger partial charge in [-0.05, 0) is 49.3 Å². The zero-order chi connectivity index (χ0) is 29.9. The molecule has 2 fully saturated rings. The number of aromatic nitrogens is 2. The molecule has 1 saturated heterocycles. The monoisotopic (exact) mass is 586 g/mol. The molecule has 0 radical (unpaired) electrons. The number of amides is 4. The lowest BCUT2D eigenvalue weighted by molar-refractivity contribution is -0.150. The highest BCUT2D eigenvalue weighted by Crippen LogP contribution is 2.38. The molecule has 10 nitrogen and oxygen atoms in total. The minimum absolute atomic E-state index is 0.00847. The predicted molar refractivity (Wildman–Crippen MR) is 135 cm³/mol. The summed E-state index contributed by atoms with van der Waals surface area (Å²) in [4.78, 5) is 44.0. The summed E-state index contributed by atoms with van der Waals surface area (Å²) in [6.07, 6.45) is -2.35. The Kier molecular flexibility index (Phi) is 8.83. The maximum atomic E-state index is 13.9. The molecule has 224 valence electrons. The van der Waals surface area contributed by atoms with Gasteiger partial charge in [-0.15, -0.1) is 0 Å². The lowest BCUT2D eigenvalue weighted by Crippen LogP contribution is -2.50. The summed E-state index contributed by atoms with van der Waals surface area (Å²) < 4.78 is 72.2. The molecule has 4 rings (SSSR count). The van der Waals surface area contributed by atoms with E-state index >= 15 is 0 Å². The number of carbonyl (C=O) groups excluding carboxylic acids is 3. The first-order valence-corrected chi connectivity index (χ1v) is 13.4. The average molecular weight is 587 g/mol. The zero-order valence-corrected chi connectivity index (χ0v) is 22.4. The van der Waals surface area contributed by atoms with Crippen molar-refractivity contribution in [3.05, 3.63) is 41.4 Å². The number of hydrogen-bond acceptors (Lipinski definition) is 6. The summed E-state index contributed by atoms with van der Waals surface area (Å²) >= 11 is 0. The molecule has 2 aliphatic rings. The van der Waals surface area contributed by atoms with E-state index in [9.17, 15) is 36.3 Å². The first-order valence-electron chi connectivity index (χ1n) is 13.4. The van der Waals surface area contributed by atoms with Crippen LogP contribution in [0.3, 0.4) is 0 Å². The molecule has 1 aliphatic heterocycles. The maximum Gasteiger partial charge on any atom is 0.410 e. The van der Waals surface area contributed by atoms with Crippen LogP contribution in [0, 0.1) is 5.92 Å². The topological polar surface area (TPSA) is 129 Å². The first kappa shape index (κ1) is 30.2. The molecule has 0 aromatic carbocycles. The van der Waals surface area contributed by atoms with Gasteiger partial charge in [-0.2, -0.15) is 13.2 Å². The Balaban J connectivity index is 1.53. The third-order valence-corrected chi connectivity index (χ3v) is 7.54. The van der Waals surface area contributed by atoms with Crippen molar-refractivity contribution in [3.8, 4) is 0 Å². The van der Waals surface area contributed by atoms with E-state index in [1.165, 1.54) is 18.3 Å². The van der Waals surface area contributed by atoms with Crippen molar-refractivity contribution in [1.82, 2.24) is 25.7 Å². The molecule has 2 aromatic rings. The number of anilines is 1. The van der Waals surface area contributed by atoms with Gasteiger partial charge in [0.25, 0.3) is 5.91 Å². The van der Waals surface area contributed by atoms with Crippen LogP contribution in [0.4, 0.5) is 32.6 Å². The van der Waals surface area contributed by atoms with Crippen LogP contribution in [0.25, 0.3) is 0 Å². The van der Waals surface area contributed by atoms with Gasteiger partial charge in [-0.3, -0.25) is 9.59 Å². The summed E-state index contributed by atoms with van der Waals surface area (Å²) in [5, 5.41) is 10.9. The van der Waals surface area contributed by atoms with Crippen LogP contribution in [0.1, 0.15) is 73.6 Å². The molecule has 1 aliphatic carbocycles. The Morgan fingerprint density at radius 2 is 1.95 bits per heavy atom. The van der Waals surface area contributed by atoms with E-state index in [0.29, 0.717) is 17.7 Å². The van der Waals surface area contributed by atoms with Crippen molar-refractivity contribution in [2.75, 3.05) is 11.9 Å². The van der Waals surface area contributed by atoms with Gasteiger partial charge >= 0.3 is 12.2 Å². The first-order chi connectivity index (χ1) is 19.3. The number of hydrogen-bond donors (Lipinski definition) is 3. The van der Waals surface area contributed by atoms with E-state index in [4.69, 9.17) is 4.52 Å². The third-order valence-electron chi connectivity index (χ3n) is 7.54. The second-order valence-electron chi connectivity index (χ2n) is 10.3. The quantitative estimate of drug-likeness (QED) is 0.369. The van der Waals surface area contributed by atoms with Gasteiger partial charge in [0.15, 0.2) is 0 Å². The molecule has 15 heteroatoms. The SMILES string of the molecule is CCc1nocc1C(=O)N[C@H](C(=O)Nc1cc([C@@H](CC)N2C[C@@H](C(F)(F)F)NC2=O)ccn1)C1CCC(F)(F)CC1. The number of carbonyl (C=O) groups is 3. The van der Waals surface area contributed by atoms with Crippen LogP contribution in [0.15, 0.2) is 29.1 Å². The van der Waals surface area contributed by atoms with Crippen molar-refractivity contribution in [2.24, 2.45) is 5.92 Å². The molecule has 0 spiro atoms. The lowest BCUT2D eigenvalue weighted by atomic mass is 9.81. The van der Waals surface area contributed by atoms with Gasteiger partial charge in [0.2, 0.25) is 11.8 Å². The largest absolute Gasteiger partial charge is 0.410 e. The molecule has 3 atom stereocenters. The van der Waals surface area contributed by atoms with Gasteiger partial charge in [0.1, 0.15) is 29.7 Å². The van der Waals surface area contributed by atoms with E-state index in [1.807, 2.05) is 5.32 Å². The van der Waals surface area contributed by atoms with Crippen LogP contribution in [-0.4, -0.2) is 63.6 Å². The maximum absolute atomic E-state index is 13.9. The highest BCUT2D eigenvalue weighted by Gasteiger charge is 2.48. The second-order valence-corrected chi connectivity index (χ2v) is 10.3. The van der Waals surface area contributed by atoms with Gasteiger partial charge in [-0.25, -0.2) is 18.6 Å². The molecule has 3 heterocycles. The third kappa shape index (κ3) is 6.93. The fourth-order valence-corrected chi connectivity index (χ4v) is 5.29. The Labute approximate surface area is 232 Å². The molecule has 0 unspecified atom stereocenters. The van der Waals surface area contributed by atoms with E-state index < -0.39 is 73.4 Å². The number of nitrogens with one attached hydrogen (secondary N) is 3. The average Bonchev–Trinajstić information content (AvgIpc) is 3.55. The summed E-state index contributed by atoms with van der Waals surface area (Å²) in [6.45, 7) is 2.89. The van der Waals surface area contributed by atoms with Crippen LogP contribution >= 0.6 is 0 Å². The van der Waals surface area contributed by atoms with Crippen LogP contribution < -0.4 is 16.0 Å². The standard InChI is InChI=1S/C26H31F5N6O4/c1-3-17-16(13-41-36-17)22(38)35-21(14-5-8-25(27,28)9-6-14)23(39)34-20-11-15(7-10-32-20)18(4-2)37-12-19(26(29,30)31)33-24(37)40/h7,10-11,13-14,18-19,21H,3-6,8-9,12H2,1-2H3,(H,33,40)(H,35,38)(H,32,34,39)/t18-,19+,21+/m1/s1. The number of urea groups is 1. The molecule has 3 N–H and O–H groups in total. The van der Waals surface area contributed by atoms with E-state index in [0.717, 1.165) is 11.2 Å². The van der Waals surface area contributed by atoms with Crippen molar-refractivity contribution in [1.29, 1.82) is 0 Å². The molecular weight excluding hydrogens is 555 g/mol. The van der Waals surface area contributed by atoms with Crippen molar-refractivity contribution in [2.45, 2.75) is 82.6 Å². The van der Waals surface area contributed by atoms with Crippen molar-refractivity contribution < 1.29 is 40.9 Å². The molecule has 0 bridgehead atoms. The molecule has 4 amide bonds. The van der Waals surface area contributed by atoms with Gasteiger partial charge in [0.05, 0.1) is 18.3 Å². The minimum Gasteiger partial charge on any atom is -0.364 e. The van der Waals surface area contributed by atoms with Crippen molar-refractivity contribution in [3.63, 3.8) is 0 Å². The van der Waals surface area contributed by atoms with Crippen LogP contribution in [-0.2, 0) is 11.2 Å². The number of halogens is 5. The number of nitrogens with zero attached hydrogens (tertiary/aromatic N) is 3. The van der Waals surface area contributed by atoms with Gasteiger partial charge in [0, 0.05) is 19.0 Å². The summed E-state index contributed by atoms with van der Waals surface area (Å²) in [6, 6.07) is -1.84. The molecule has 1 saturated carbocycles. The van der Waals surface area contributed by atoms with Crippen LogP contribution in [0.5, 0.6) is 0 Å². The number of aryl methyl sites for hydroxylation is 1. The van der Waals surface area contributed by atoms with E-state index in [2.05, 4.69) is 20.8 Å². The Morgan fingerprint density at radius 3 is 2.56 bits per heavy atom. The summed E-state index contributed by atoms with van der Waals surface area (Å²) in [5.74, 6) is -4.77. The lowest BCUT2D eigenvalue weighted by Gasteiger charge is -2.33. The number of rotatable bonds is 9.